The molecule has 0 bridgehead atoms. The molecule has 224 valence electrons. The molecule has 0 saturated carbocycles. The fraction of sp³-hybridized carbons (Fsp3) is 0.423. The molecule has 3 aromatic rings. The lowest BCUT2D eigenvalue weighted by molar-refractivity contribution is -0.264. The van der Waals surface area contributed by atoms with Crippen LogP contribution in [-0.2, 0) is 23.4 Å². The number of carbonyl (C=O) groups is 1. The quantitative estimate of drug-likeness (QED) is 0.158. The van der Waals surface area contributed by atoms with Crippen molar-refractivity contribution in [1.82, 2.24) is 14.6 Å². The molecule has 41 heavy (non-hydrogen) atoms. The van der Waals surface area contributed by atoms with Crippen LogP contribution >= 0.6 is 7.75 Å². The Morgan fingerprint density at radius 1 is 1.17 bits per heavy atom. The van der Waals surface area contributed by atoms with E-state index < -0.39 is 63.0 Å². The van der Waals surface area contributed by atoms with E-state index in [-0.39, 0.29) is 11.6 Å². The van der Waals surface area contributed by atoms with Gasteiger partial charge in [0.1, 0.15) is 30.3 Å². The summed E-state index contributed by atoms with van der Waals surface area (Å²) in [7, 11) is -4.62. The highest BCUT2D eigenvalue weighted by Gasteiger charge is 2.44. The number of carbonyl (C=O) groups excluding carboxylic acids is 1. The molecule has 5 atom stereocenters. The molecular formula is C26H34FN4O9P. The van der Waals surface area contributed by atoms with Crippen LogP contribution in [0.3, 0.4) is 0 Å². The van der Waals surface area contributed by atoms with Crippen molar-refractivity contribution < 1.29 is 42.5 Å². The Morgan fingerprint density at radius 3 is 2.49 bits per heavy atom. The SMILES string of the molecule is CC(C)OC(=O)[C@H](C)NP(=O)(OC[C@@](F)(O[C@H](CO)n1ccc(N)nc1=O)[C@H](C)O)Oc1cccc2ccccc12. The topological polar surface area (TPSA) is 184 Å². The highest BCUT2D eigenvalue weighted by atomic mass is 31.2. The summed E-state index contributed by atoms with van der Waals surface area (Å²) in [6, 6.07) is 11.9. The van der Waals surface area contributed by atoms with Crippen LogP contribution in [0.1, 0.15) is 33.9 Å². The van der Waals surface area contributed by atoms with Gasteiger partial charge in [-0.3, -0.25) is 13.9 Å². The first-order valence-electron chi connectivity index (χ1n) is 12.7. The van der Waals surface area contributed by atoms with Crippen molar-refractivity contribution in [3.05, 3.63) is 65.2 Å². The Bertz CT molecular complexity index is 1450. The van der Waals surface area contributed by atoms with Crippen molar-refractivity contribution in [2.24, 2.45) is 0 Å². The van der Waals surface area contributed by atoms with Gasteiger partial charge in [-0.05, 0) is 45.2 Å². The second kappa shape index (κ2) is 13.5. The monoisotopic (exact) mass is 596 g/mol. The number of benzene rings is 2. The maximum atomic E-state index is 16.1. The second-order valence-corrected chi connectivity index (χ2v) is 11.1. The number of anilines is 1. The van der Waals surface area contributed by atoms with Crippen LogP contribution in [0, 0.1) is 0 Å². The van der Waals surface area contributed by atoms with Crippen LogP contribution in [0.4, 0.5) is 10.2 Å². The fourth-order valence-electron chi connectivity index (χ4n) is 3.60. The Balaban J connectivity index is 1.93. The zero-order valence-corrected chi connectivity index (χ0v) is 23.9. The molecule has 13 nitrogen and oxygen atoms in total. The van der Waals surface area contributed by atoms with Crippen molar-refractivity contribution in [2.45, 2.75) is 58.0 Å². The zero-order chi connectivity index (χ0) is 30.4. The summed E-state index contributed by atoms with van der Waals surface area (Å²) in [5.41, 5.74) is 4.52. The third-order valence-corrected chi connectivity index (χ3v) is 7.34. The van der Waals surface area contributed by atoms with Crippen molar-refractivity contribution in [2.75, 3.05) is 18.9 Å². The van der Waals surface area contributed by atoms with Crippen LogP contribution in [0.5, 0.6) is 5.75 Å². The maximum Gasteiger partial charge on any atom is 0.459 e. The van der Waals surface area contributed by atoms with Crippen molar-refractivity contribution in [1.29, 1.82) is 0 Å². The molecule has 1 unspecified atom stereocenters. The molecule has 0 amide bonds. The smallest absolute Gasteiger partial charge is 0.459 e. The number of esters is 1. The number of fused-ring (bicyclic) bond motifs is 1. The minimum Gasteiger partial charge on any atom is -0.462 e. The van der Waals surface area contributed by atoms with Crippen LogP contribution in [0.2, 0.25) is 0 Å². The lowest BCUT2D eigenvalue weighted by atomic mass is 10.1. The maximum absolute atomic E-state index is 16.1. The Hall–Kier alpha value is -3.39. The van der Waals surface area contributed by atoms with Crippen LogP contribution in [0.15, 0.2) is 59.5 Å². The molecule has 5 N–H and O–H groups in total. The predicted octanol–water partition coefficient (Wildman–Crippen LogP) is 2.67. The number of nitrogens with one attached hydrogen (secondary N) is 1. The Labute approximate surface area is 235 Å². The van der Waals surface area contributed by atoms with Crippen LogP contribution < -0.4 is 21.0 Å². The summed E-state index contributed by atoms with van der Waals surface area (Å²) >= 11 is 0. The summed E-state index contributed by atoms with van der Waals surface area (Å²) in [5, 5.41) is 23.8. The van der Waals surface area contributed by atoms with E-state index in [4.69, 9.17) is 24.3 Å². The number of halogens is 1. The first-order chi connectivity index (χ1) is 19.3. The zero-order valence-electron chi connectivity index (χ0n) is 23.0. The van der Waals surface area contributed by atoms with Crippen LogP contribution in [0.25, 0.3) is 10.8 Å². The van der Waals surface area contributed by atoms with Crippen LogP contribution in [-0.4, -0.2) is 63.1 Å². The molecule has 1 heterocycles. The number of nitrogens with two attached hydrogens (primary N) is 1. The molecule has 0 aliphatic carbocycles. The van der Waals surface area contributed by atoms with Crippen molar-refractivity contribution >= 4 is 30.3 Å². The van der Waals surface area contributed by atoms with Gasteiger partial charge in [0.2, 0.25) is 0 Å². The summed E-state index contributed by atoms with van der Waals surface area (Å²) in [5.74, 6) is -3.94. The number of hydrogen-bond donors (Lipinski definition) is 4. The molecule has 0 saturated heterocycles. The normalized spacial score (nSPS) is 16.9. The summed E-state index contributed by atoms with van der Waals surface area (Å²) in [6.45, 7) is 3.50. The van der Waals surface area contributed by atoms with E-state index in [2.05, 4.69) is 10.1 Å². The predicted molar refractivity (Wildman–Crippen MR) is 148 cm³/mol. The number of rotatable bonds is 14. The number of nitrogen functional groups attached to an aromatic ring is 1. The highest BCUT2D eigenvalue weighted by Crippen LogP contribution is 2.48. The van der Waals surface area contributed by atoms with Gasteiger partial charge in [0.05, 0.1) is 12.7 Å². The first-order valence-corrected chi connectivity index (χ1v) is 14.2. The molecule has 3 rings (SSSR count). The number of ether oxygens (including phenoxy) is 2. The Morgan fingerprint density at radius 2 is 1.85 bits per heavy atom. The van der Waals surface area contributed by atoms with Gasteiger partial charge < -0.3 is 29.9 Å². The van der Waals surface area contributed by atoms with Gasteiger partial charge in [-0.2, -0.15) is 10.1 Å². The standard InChI is InChI=1S/C26H34FN4O9P/c1-16(2)38-24(34)17(3)30-41(36,40-21-11-7-9-19-8-5-6-10-20(19)21)37-15-26(27,18(4)33)39-23(14-32)31-13-12-22(28)29-25(31)35/h5-13,16-18,23,32-33H,14-15H2,1-4H3,(H,30,36)(H2,28,29,35)/t17-,18-,23+,26+,41?/m0/s1. The molecule has 2 aromatic carbocycles. The third-order valence-electron chi connectivity index (χ3n) is 5.73. The van der Waals surface area contributed by atoms with E-state index >= 15 is 4.39 Å². The van der Waals surface area contributed by atoms with E-state index in [1.165, 1.54) is 19.1 Å². The van der Waals surface area contributed by atoms with Gasteiger partial charge >= 0.3 is 19.4 Å². The molecular weight excluding hydrogens is 562 g/mol. The Kier molecular flexibility index (Phi) is 10.6. The van der Waals surface area contributed by atoms with E-state index in [1.54, 1.807) is 50.2 Å². The molecule has 0 spiro atoms. The molecule has 0 radical (unpaired) electrons. The lowest BCUT2D eigenvalue weighted by Crippen LogP contribution is -2.47. The number of aliphatic hydroxyl groups excluding tert-OH is 2. The van der Waals surface area contributed by atoms with Crippen molar-refractivity contribution in [3.8, 4) is 5.75 Å². The van der Waals surface area contributed by atoms with Gasteiger partial charge in [0, 0.05) is 11.6 Å². The largest absolute Gasteiger partial charge is 0.462 e. The van der Waals surface area contributed by atoms with Gasteiger partial charge in [-0.15, -0.1) is 0 Å². The first kappa shape index (κ1) is 32.1. The molecule has 1 aromatic heterocycles. The van der Waals surface area contributed by atoms with Gasteiger partial charge in [-0.1, -0.05) is 36.4 Å². The summed E-state index contributed by atoms with van der Waals surface area (Å²) in [6.07, 6.45) is -2.96. The highest BCUT2D eigenvalue weighted by molar-refractivity contribution is 7.52. The molecule has 0 fully saturated rings. The minimum absolute atomic E-state index is 0.0959. The van der Waals surface area contributed by atoms with E-state index in [0.29, 0.717) is 5.39 Å². The van der Waals surface area contributed by atoms with Crippen molar-refractivity contribution in [3.63, 3.8) is 0 Å². The van der Waals surface area contributed by atoms with Gasteiger partial charge in [-0.25, -0.2) is 13.8 Å². The lowest BCUT2D eigenvalue weighted by Gasteiger charge is -2.33. The van der Waals surface area contributed by atoms with E-state index in [1.807, 2.05) is 0 Å². The number of alkyl halides is 1. The fourth-order valence-corrected chi connectivity index (χ4v) is 5.12. The van der Waals surface area contributed by atoms with E-state index in [9.17, 15) is 24.4 Å². The average Bonchev–Trinajstić information content (AvgIpc) is 2.90. The average molecular weight is 597 g/mol. The molecule has 15 heteroatoms. The summed E-state index contributed by atoms with van der Waals surface area (Å²) < 4.78 is 52.4. The van der Waals surface area contributed by atoms with Gasteiger partial charge in [0.15, 0.2) is 6.23 Å². The molecule has 0 aliphatic heterocycles. The van der Waals surface area contributed by atoms with Gasteiger partial charge in [0.25, 0.3) is 5.85 Å². The third kappa shape index (κ3) is 8.32. The number of hydrogen-bond acceptors (Lipinski definition) is 11. The van der Waals surface area contributed by atoms with E-state index in [0.717, 1.165) is 23.1 Å². The number of nitrogens with zero attached hydrogens (tertiary/aromatic N) is 2. The second-order valence-electron chi connectivity index (χ2n) is 9.44. The number of aromatic nitrogens is 2. The summed E-state index contributed by atoms with van der Waals surface area (Å²) in [4.78, 5) is 28.2. The minimum atomic E-state index is -4.62. The number of aliphatic hydroxyl groups is 2. The molecule has 0 aliphatic rings.